The van der Waals surface area contributed by atoms with Crippen LogP contribution < -0.4 is 4.90 Å². The summed E-state index contributed by atoms with van der Waals surface area (Å²) in [5.41, 5.74) is 4.33. The Labute approximate surface area is 124 Å². The van der Waals surface area contributed by atoms with Gasteiger partial charge in [0.25, 0.3) is 0 Å². The van der Waals surface area contributed by atoms with Gasteiger partial charge in [-0.2, -0.15) is 0 Å². The predicted molar refractivity (Wildman–Crippen MR) is 86.2 cm³/mol. The molecule has 0 aliphatic carbocycles. The van der Waals surface area contributed by atoms with Crippen molar-refractivity contribution in [3.8, 4) is 5.69 Å². The molecule has 0 aliphatic rings. The summed E-state index contributed by atoms with van der Waals surface area (Å²) in [6.45, 7) is 2.74. The van der Waals surface area contributed by atoms with Crippen LogP contribution in [0.4, 0.5) is 5.95 Å². The lowest BCUT2D eigenvalue weighted by atomic mass is 10.2. The number of hydrogen-bond acceptors (Lipinski definition) is 3. The van der Waals surface area contributed by atoms with E-state index in [1.54, 1.807) is 0 Å². The number of fused-ring (bicyclic) bond motifs is 1. The molecule has 0 unspecified atom stereocenters. The molecule has 0 fully saturated rings. The normalized spacial score (nSPS) is 11.0. The third-order valence-electron chi connectivity index (χ3n) is 3.58. The smallest absolute Gasteiger partial charge is 0.211 e. The van der Waals surface area contributed by atoms with Gasteiger partial charge in [-0.25, -0.2) is 4.98 Å². The average molecular weight is 281 g/mol. The van der Waals surface area contributed by atoms with Crippen LogP contribution >= 0.6 is 0 Å². The van der Waals surface area contributed by atoms with Crippen molar-refractivity contribution in [1.82, 2.24) is 9.55 Å². The molecule has 3 aromatic rings. The van der Waals surface area contributed by atoms with Gasteiger partial charge < -0.3 is 10.0 Å². The van der Waals surface area contributed by atoms with Crippen LogP contribution in [-0.4, -0.2) is 34.9 Å². The Hall–Kier alpha value is -2.33. The van der Waals surface area contributed by atoms with Gasteiger partial charge in [-0.05, 0) is 36.8 Å². The van der Waals surface area contributed by atoms with Gasteiger partial charge >= 0.3 is 0 Å². The molecular weight excluding hydrogens is 262 g/mol. The minimum atomic E-state index is 0.105. The maximum Gasteiger partial charge on any atom is 0.211 e. The summed E-state index contributed by atoms with van der Waals surface area (Å²) in [6, 6.07) is 16.4. The highest BCUT2D eigenvalue weighted by Crippen LogP contribution is 2.27. The van der Waals surface area contributed by atoms with E-state index in [1.807, 2.05) is 36.2 Å². The first-order valence-electron chi connectivity index (χ1n) is 7.07. The van der Waals surface area contributed by atoms with Crippen molar-refractivity contribution in [2.45, 2.75) is 6.92 Å². The zero-order valence-corrected chi connectivity index (χ0v) is 12.3. The van der Waals surface area contributed by atoms with Crippen LogP contribution in [0.2, 0.25) is 0 Å². The molecule has 4 heteroatoms. The van der Waals surface area contributed by atoms with Gasteiger partial charge in [0.1, 0.15) is 0 Å². The van der Waals surface area contributed by atoms with Crippen LogP contribution in [0.25, 0.3) is 16.7 Å². The Morgan fingerprint density at radius 3 is 2.62 bits per heavy atom. The van der Waals surface area contributed by atoms with E-state index in [4.69, 9.17) is 4.98 Å². The molecule has 4 nitrogen and oxygen atoms in total. The molecule has 0 amide bonds. The first-order valence-corrected chi connectivity index (χ1v) is 7.07. The lowest BCUT2D eigenvalue weighted by Gasteiger charge is -2.19. The summed E-state index contributed by atoms with van der Waals surface area (Å²) in [6.07, 6.45) is 0. The quantitative estimate of drug-likeness (QED) is 0.799. The second-order valence-corrected chi connectivity index (χ2v) is 5.22. The van der Waals surface area contributed by atoms with E-state index in [2.05, 4.69) is 35.8 Å². The number of aliphatic hydroxyl groups excluding tert-OH is 1. The summed E-state index contributed by atoms with van der Waals surface area (Å²) in [4.78, 5) is 6.70. The van der Waals surface area contributed by atoms with Crippen LogP contribution in [-0.2, 0) is 0 Å². The molecule has 0 bridgehead atoms. The average Bonchev–Trinajstić information content (AvgIpc) is 2.87. The molecule has 1 N–H and O–H groups in total. The Kier molecular flexibility index (Phi) is 3.62. The van der Waals surface area contributed by atoms with Crippen LogP contribution in [0, 0.1) is 6.92 Å². The molecule has 0 aliphatic heterocycles. The molecule has 1 heterocycles. The van der Waals surface area contributed by atoms with E-state index in [9.17, 15) is 5.11 Å². The van der Waals surface area contributed by atoms with E-state index in [0.29, 0.717) is 6.54 Å². The highest BCUT2D eigenvalue weighted by Gasteiger charge is 2.15. The third kappa shape index (κ3) is 2.50. The number of aromatic nitrogens is 2. The first kappa shape index (κ1) is 13.6. The monoisotopic (exact) mass is 281 g/mol. The van der Waals surface area contributed by atoms with Gasteiger partial charge in [0.2, 0.25) is 5.95 Å². The highest BCUT2D eigenvalue weighted by molar-refractivity contribution is 5.82. The fourth-order valence-electron chi connectivity index (χ4n) is 2.51. The van der Waals surface area contributed by atoms with Crippen molar-refractivity contribution in [2.75, 3.05) is 25.1 Å². The van der Waals surface area contributed by atoms with Crippen molar-refractivity contribution < 1.29 is 5.11 Å². The van der Waals surface area contributed by atoms with E-state index < -0.39 is 0 Å². The number of hydrogen-bond donors (Lipinski definition) is 1. The second-order valence-electron chi connectivity index (χ2n) is 5.22. The molecule has 0 saturated heterocycles. The largest absolute Gasteiger partial charge is 0.395 e. The Morgan fingerprint density at radius 2 is 1.90 bits per heavy atom. The molecule has 21 heavy (non-hydrogen) atoms. The van der Waals surface area contributed by atoms with Crippen molar-refractivity contribution >= 4 is 17.0 Å². The maximum atomic E-state index is 9.20. The molecule has 108 valence electrons. The number of aryl methyl sites for hydroxylation is 1. The number of benzene rings is 2. The number of para-hydroxylation sites is 1. The number of nitrogens with zero attached hydrogens (tertiary/aromatic N) is 3. The standard InChI is InChI=1S/C17H19N3O/c1-13-8-9-15-16(12-13)20(14-6-4-3-5-7-14)17(18-15)19(2)10-11-21/h3-9,12,21H,10-11H2,1-2H3. The van der Waals surface area contributed by atoms with Crippen molar-refractivity contribution in [2.24, 2.45) is 0 Å². The summed E-state index contributed by atoms with van der Waals surface area (Å²) in [5.74, 6) is 0.843. The number of rotatable bonds is 4. The Balaban J connectivity index is 2.26. The summed E-state index contributed by atoms with van der Waals surface area (Å²) < 4.78 is 2.14. The van der Waals surface area contributed by atoms with Gasteiger partial charge in [-0.3, -0.25) is 4.57 Å². The molecule has 0 radical (unpaired) electrons. The zero-order chi connectivity index (χ0) is 14.8. The van der Waals surface area contributed by atoms with Gasteiger partial charge in [-0.1, -0.05) is 24.3 Å². The second kappa shape index (κ2) is 5.58. The third-order valence-corrected chi connectivity index (χ3v) is 3.58. The van der Waals surface area contributed by atoms with Crippen LogP contribution in [0.5, 0.6) is 0 Å². The number of imidazole rings is 1. The van der Waals surface area contributed by atoms with Crippen molar-refractivity contribution in [3.05, 3.63) is 54.1 Å². The van der Waals surface area contributed by atoms with Gasteiger partial charge in [-0.15, -0.1) is 0 Å². The highest BCUT2D eigenvalue weighted by atomic mass is 16.3. The van der Waals surface area contributed by atoms with E-state index in [1.165, 1.54) is 5.56 Å². The summed E-state index contributed by atoms with van der Waals surface area (Å²) >= 11 is 0. The number of likely N-dealkylation sites (N-methyl/N-ethyl adjacent to an activating group) is 1. The minimum absolute atomic E-state index is 0.105. The van der Waals surface area contributed by atoms with Gasteiger partial charge in [0.05, 0.1) is 17.6 Å². The molecule has 2 aromatic carbocycles. The van der Waals surface area contributed by atoms with Crippen molar-refractivity contribution in [3.63, 3.8) is 0 Å². The number of aliphatic hydroxyl groups is 1. The van der Waals surface area contributed by atoms with Gasteiger partial charge in [0.15, 0.2) is 0 Å². The topological polar surface area (TPSA) is 41.3 Å². The van der Waals surface area contributed by atoms with E-state index in [0.717, 1.165) is 22.7 Å². The van der Waals surface area contributed by atoms with Crippen LogP contribution in [0.3, 0.4) is 0 Å². The summed E-state index contributed by atoms with van der Waals surface area (Å²) in [5, 5.41) is 9.20. The van der Waals surface area contributed by atoms with Crippen LogP contribution in [0.15, 0.2) is 48.5 Å². The fraction of sp³-hybridized carbons (Fsp3) is 0.235. The predicted octanol–water partition coefficient (Wildman–Crippen LogP) is 2.76. The van der Waals surface area contributed by atoms with E-state index in [-0.39, 0.29) is 6.61 Å². The number of anilines is 1. The Bertz CT molecular complexity index is 749. The van der Waals surface area contributed by atoms with Crippen LogP contribution in [0.1, 0.15) is 5.56 Å². The lowest BCUT2D eigenvalue weighted by Crippen LogP contribution is -2.24. The fourth-order valence-corrected chi connectivity index (χ4v) is 2.51. The SMILES string of the molecule is Cc1ccc2nc(N(C)CCO)n(-c3ccccc3)c2c1. The van der Waals surface area contributed by atoms with E-state index >= 15 is 0 Å². The van der Waals surface area contributed by atoms with Gasteiger partial charge in [0, 0.05) is 19.3 Å². The lowest BCUT2D eigenvalue weighted by molar-refractivity contribution is 0.303. The Morgan fingerprint density at radius 1 is 1.14 bits per heavy atom. The zero-order valence-electron chi connectivity index (χ0n) is 12.3. The summed E-state index contributed by atoms with van der Waals surface area (Å²) in [7, 11) is 1.95. The molecule has 0 atom stereocenters. The first-order chi connectivity index (χ1) is 10.2. The molecule has 3 rings (SSSR count). The molecular formula is C17H19N3O. The molecule has 1 aromatic heterocycles. The minimum Gasteiger partial charge on any atom is -0.395 e. The van der Waals surface area contributed by atoms with Crippen molar-refractivity contribution in [1.29, 1.82) is 0 Å². The maximum absolute atomic E-state index is 9.20. The molecule has 0 spiro atoms. The molecule has 0 saturated carbocycles.